The normalized spacial score (nSPS) is 15.0. The first-order chi connectivity index (χ1) is 7.81. The quantitative estimate of drug-likeness (QED) is 0.260. The molecule has 0 N–H and O–H groups in total. The van der Waals surface area contributed by atoms with Crippen molar-refractivity contribution in [2.75, 3.05) is 4.43 Å². The Kier molecular flexibility index (Phi) is 5.64. The molecule has 0 radical (unpaired) electrons. The van der Waals surface area contributed by atoms with Gasteiger partial charge in [-0.2, -0.15) is 39.5 Å². The molecular weight excluding hydrogens is 394 g/mol. The number of rotatable bonds is 4. The second-order valence-corrected chi connectivity index (χ2v) is 4.62. The van der Waals surface area contributed by atoms with Crippen molar-refractivity contribution < 1.29 is 39.5 Å². The molecule has 0 aromatic carbocycles. The highest BCUT2D eigenvalue weighted by molar-refractivity contribution is 14.1. The van der Waals surface area contributed by atoms with Crippen molar-refractivity contribution in [2.24, 2.45) is 5.41 Å². The lowest BCUT2D eigenvalue weighted by Crippen LogP contribution is -2.59. The van der Waals surface area contributed by atoms with E-state index >= 15 is 0 Å². The Bertz CT molecular complexity index is 225. The molecule has 110 valence electrons. The van der Waals surface area contributed by atoms with Crippen LogP contribution in [0.4, 0.5) is 39.5 Å². The summed E-state index contributed by atoms with van der Waals surface area (Å²) in [5.74, 6) is 0. The van der Waals surface area contributed by atoms with Gasteiger partial charge in [0.1, 0.15) is 0 Å². The summed E-state index contributed by atoms with van der Waals surface area (Å²) >= 11 is 1.66. The maximum absolute atomic E-state index is 12.4. The van der Waals surface area contributed by atoms with Crippen LogP contribution in [0.15, 0.2) is 0 Å². The van der Waals surface area contributed by atoms with Crippen molar-refractivity contribution in [2.45, 2.75) is 37.8 Å². The van der Waals surface area contributed by atoms with Crippen molar-refractivity contribution in [3.8, 4) is 0 Å². The summed E-state index contributed by atoms with van der Waals surface area (Å²) in [6.45, 7) is 0. The third kappa shape index (κ3) is 3.35. The minimum Gasteiger partial charge on any atom is -0.170 e. The maximum atomic E-state index is 12.4. The Hall–Kier alpha value is 0.100. The molecule has 18 heavy (non-hydrogen) atoms. The average molecular weight is 402 g/mol. The minimum atomic E-state index is -6.42. The fourth-order valence-corrected chi connectivity index (χ4v) is 1.93. The maximum Gasteiger partial charge on any atom is 0.412 e. The summed E-state index contributed by atoms with van der Waals surface area (Å²) in [4.78, 5) is 0. The van der Waals surface area contributed by atoms with Gasteiger partial charge in [-0.25, -0.2) is 0 Å². The molecule has 0 amide bonds. The molecule has 0 aliphatic heterocycles. The lowest BCUT2D eigenvalue weighted by atomic mass is 9.80. The van der Waals surface area contributed by atoms with Crippen molar-refractivity contribution in [1.29, 1.82) is 0 Å². The summed E-state index contributed by atoms with van der Waals surface area (Å²) in [5, 5.41) is 0. The van der Waals surface area contributed by atoms with E-state index in [0.717, 1.165) is 0 Å². The van der Waals surface area contributed by atoms with E-state index in [1.807, 2.05) is 0 Å². The van der Waals surface area contributed by atoms with Gasteiger partial charge in [0.05, 0.1) is 0 Å². The lowest BCUT2D eigenvalue weighted by molar-refractivity contribution is -0.429. The van der Waals surface area contributed by atoms with Gasteiger partial charge in [-0.05, 0) is 17.3 Å². The third-order valence-electron chi connectivity index (χ3n) is 2.39. The first kappa shape index (κ1) is 18.1. The Balaban J connectivity index is 5.61. The monoisotopic (exact) mass is 402 g/mol. The summed E-state index contributed by atoms with van der Waals surface area (Å²) in [6, 6.07) is 0. The molecule has 0 saturated carbocycles. The van der Waals surface area contributed by atoms with E-state index in [2.05, 4.69) is 0 Å². The van der Waals surface area contributed by atoms with E-state index in [1.54, 1.807) is 22.6 Å². The second-order valence-electron chi connectivity index (χ2n) is 3.54. The zero-order valence-corrected chi connectivity index (χ0v) is 10.8. The highest BCUT2D eigenvalue weighted by Crippen LogP contribution is 2.61. The van der Waals surface area contributed by atoms with Crippen LogP contribution < -0.4 is 0 Å². The van der Waals surface area contributed by atoms with Crippen LogP contribution in [0, 0.1) is 5.41 Å². The van der Waals surface area contributed by atoms with Gasteiger partial charge in [0.2, 0.25) is 0 Å². The van der Waals surface area contributed by atoms with E-state index in [-0.39, 0.29) is 10.8 Å². The smallest absolute Gasteiger partial charge is 0.170 e. The predicted octanol–water partition coefficient (Wildman–Crippen LogP) is 5.27. The highest BCUT2D eigenvalue weighted by Gasteiger charge is 2.82. The van der Waals surface area contributed by atoms with Crippen LogP contribution in [0.1, 0.15) is 19.3 Å². The number of alkyl halides is 10. The molecule has 10 heteroatoms. The number of hydrogen-bond acceptors (Lipinski definition) is 0. The summed E-state index contributed by atoms with van der Waals surface area (Å²) in [6.07, 6.45) is -22.3. The molecule has 0 aromatic rings. The molecule has 0 rings (SSSR count). The molecule has 0 aliphatic carbocycles. The Morgan fingerprint density at radius 2 is 0.944 bits per heavy atom. The Morgan fingerprint density at radius 3 is 1.17 bits per heavy atom. The fraction of sp³-hybridized carbons (Fsp3) is 1.00. The molecule has 0 nitrogen and oxygen atoms in total. The van der Waals surface area contributed by atoms with Gasteiger partial charge in [-0.15, -0.1) is 0 Å². The van der Waals surface area contributed by atoms with E-state index in [9.17, 15) is 39.5 Å². The zero-order chi connectivity index (χ0) is 14.8. The minimum absolute atomic E-state index is 0.148. The van der Waals surface area contributed by atoms with Gasteiger partial charge in [0.25, 0.3) is 5.41 Å². The Morgan fingerprint density at radius 1 is 0.611 bits per heavy atom. The molecule has 0 fully saturated rings. The number of halogens is 10. The largest absolute Gasteiger partial charge is 0.412 e. The van der Waals surface area contributed by atoms with Gasteiger partial charge in [0, 0.05) is 0 Å². The molecule has 0 heterocycles. The Labute approximate surface area is 110 Å². The van der Waals surface area contributed by atoms with Crippen LogP contribution in [0.5, 0.6) is 0 Å². The zero-order valence-electron chi connectivity index (χ0n) is 8.61. The summed E-state index contributed by atoms with van der Waals surface area (Å²) < 4.78 is 111. The van der Waals surface area contributed by atoms with Gasteiger partial charge in [-0.1, -0.05) is 29.0 Å². The third-order valence-corrected chi connectivity index (χ3v) is 3.15. The van der Waals surface area contributed by atoms with Gasteiger partial charge < -0.3 is 0 Å². The lowest BCUT2D eigenvalue weighted by Gasteiger charge is -2.38. The van der Waals surface area contributed by atoms with E-state index in [0.29, 0.717) is 0 Å². The van der Waals surface area contributed by atoms with Crippen molar-refractivity contribution in [3.05, 3.63) is 0 Å². The molecule has 0 atom stereocenters. The standard InChI is InChI=1S/C8H8F9I/c9-6(10,11)5(7(12,13)14,8(15,16)17)3-1-2-4-18/h1-4H2. The SMILES string of the molecule is FC(F)(F)C(CCCCI)(C(F)(F)F)C(F)(F)F. The fourth-order valence-electron chi connectivity index (χ4n) is 1.39. The average Bonchev–Trinajstić information content (AvgIpc) is 2.05. The molecule has 0 unspecified atom stereocenters. The molecule has 0 aromatic heterocycles. The van der Waals surface area contributed by atoms with Crippen LogP contribution in [0.3, 0.4) is 0 Å². The van der Waals surface area contributed by atoms with Crippen LogP contribution in [-0.2, 0) is 0 Å². The van der Waals surface area contributed by atoms with E-state index < -0.39 is 36.8 Å². The molecule has 0 saturated heterocycles. The van der Waals surface area contributed by atoms with Crippen molar-refractivity contribution in [3.63, 3.8) is 0 Å². The summed E-state index contributed by atoms with van der Waals surface area (Å²) in [5.41, 5.74) is -5.64. The first-order valence-electron chi connectivity index (χ1n) is 4.57. The van der Waals surface area contributed by atoms with Crippen LogP contribution in [0.2, 0.25) is 0 Å². The first-order valence-corrected chi connectivity index (χ1v) is 6.10. The number of hydrogen-bond donors (Lipinski definition) is 0. The molecule has 0 aliphatic rings. The van der Waals surface area contributed by atoms with Crippen LogP contribution >= 0.6 is 22.6 Å². The van der Waals surface area contributed by atoms with Crippen LogP contribution in [0.25, 0.3) is 0 Å². The predicted molar refractivity (Wildman–Crippen MR) is 53.3 cm³/mol. The molecule has 0 spiro atoms. The number of unbranched alkanes of at least 4 members (excludes halogenated alkanes) is 1. The van der Waals surface area contributed by atoms with Crippen molar-refractivity contribution in [1.82, 2.24) is 0 Å². The van der Waals surface area contributed by atoms with Crippen LogP contribution in [-0.4, -0.2) is 23.0 Å². The van der Waals surface area contributed by atoms with E-state index in [4.69, 9.17) is 0 Å². The highest BCUT2D eigenvalue weighted by atomic mass is 127. The molecular formula is C8H8F9I. The summed E-state index contributed by atoms with van der Waals surface area (Å²) in [7, 11) is 0. The van der Waals surface area contributed by atoms with E-state index in [1.165, 1.54) is 0 Å². The molecule has 0 bridgehead atoms. The second kappa shape index (κ2) is 5.61. The van der Waals surface area contributed by atoms with Gasteiger partial charge in [-0.3, -0.25) is 0 Å². The van der Waals surface area contributed by atoms with Crippen molar-refractivity contribution >= 4 is 22.6 Å². The van der Waals surface area contributed by atoms with Gasteiger partial charge in [0.15, 0.2) is 0 Å². The van der Waals surface area contributed by atoms with Gasteiger partial charge >= 0.3 is 18.5 Å². The topological polar surface area (TPSA) is 0 Å².